The Bertz CT molecular complexity index is 391. The topological polar surface area (TPSA) is 21.3 Å². The fourth-order valence-corrected chi connectivity index (χ4v) is 3.59. The highest BCUT2D eigenvalue weighted by molar-refractivity contribution is 6.30. The van der Waals surface area contributed by atoms with Gasteiger partial charge in [0, 0.05) is 11.6 Å². The van der Waals surface area contributed by atoms with Crippen LogP contribution < -0.4 is 5.32 Å². The number of nitrogens with one attached hydrogen (secondary N) is 1. The van der Waals surface area contributed by atoms with Crippen LogP contribution in [0.15, 0.2) is 24.3 Å². The van der Waals surface area contributed by atoms with E-state index in [-0.39, 0.29) is 5.60 Å². The van der Waals surface area contributed by atoms with E-state index < -0.39 is 0 Å². The molecule has 1 atom stereocenters. The van der Waals surface area contributed by atoms with E-state index >= 15 is 0 Å². The molecule has 0 bridgehead atoms. The molecule has 1 aromatic rings. The Kier molecular flexibility index (Phi) is 3.60. The maximum atomic E-state index is 6.24. The second-order valence-electron chi connectivity index (χ2n) is 5.37. The minimum Gasteiger partial charge on any atom is -0.370 e. The Morgan fingerprint density at radius 1 is 1.17 bits per heavy atom. The third-order valence-electron chi connectivity index (χ3n) is 4.38. The van der Waals surface area contributed by atoms with Crippen LogP contribution in [0.2, 0.25) is 5.02 Å². The first-order chi connectivity index (χ1) is 8.81. The van der Waals surface area contributed by atoms with Crippen LogP contribution in [0, 0.1) is 5.92 Å². The minimum atomic E-state index is -0.0489. The summed E-state index contributed by atoms with van der Waals surface area (Å²) in [5.41, 5.74) is 1.27. The fraction of sp³-hybridized carbons (Fsp3) is 0.600. The highest BCUT2D eigenvalue weighted by Gasteiger charge is 2.44. The van der Waals surface area contributed by atoms with Gasteiger partial charge in [-0.3, -0.25) is 0 Å². The van der Waals surface area contributed by atoms with E-state index in [0.29, 0.717) is 5.92 Å². The third-order valence-corrected chi connectivity index (χ3v) is 4.64. The van der Waals surface area contributed by atoms with E-state index in [4.69, 9.17) is 16.3 Å². The summed E-state index contributed by atoms with van der Waals surface area (Å²) < 4.78 is 6.24. The molecule has 2 aliphatic rings. The molecule has 0 aromatic heterocycles. The molecule has 2 heterocycles. The summed E-state index contributed by atoms with van der Waals surface area (Å²) in [5.74, 6) is 0.641. The normalized spacial score (nSPS) is 29.6. The van der Waals surface area contributed by atoms with Crippen LogP contribution in [-0.2, 0) is 10.3 Å². The van der Waals surface area contributed by atoms with Crippen LogP contribution in [-0.4, -0.2) is 19.7 Å². The minimum absolute atomic E-state index is 0.0489. The van der Waals surface area contributed by atoms with Gasteiger partial charge in [-0.05, 0) is 62.4 Å². The predicted octanol–water partition coefficient (Wildman–Crippen LogP) is 3.35. The quantitative estimate of drug-likeness (QED) is 0.886. The van der Waals surface area contributed by atoms with E-state index in [1.807, 2.05) is 12.1 Å². The van der Waals surface area contributed by atoms with E-state index in [0.717, 1.165) is 31.1 Å². The lowest BCUT2D eigenvalue weighted by molar-refractivity contribution is -0.0592. The van der Waals surface area contributed by atoms with Crippen LogP contribution in [0.1, 0.15) is 31.2 Å². The SMILES string of the molecule is Clc1ccc(C2(C3CCNCC3)CCCO2)cc1. The summed E-state index contributed by atoms with van der Waals surface area (Å²) >= 11 is 6.00. The first-order valence-corrected chi connectivity index (χ1v) is 7.30. The van der Waals surface area contributed by atoms with Crippen molar-refractivity contribution >= 4 is 11.6 Å². The summed E-state index contributed by atoms with van der Waals surface area (Å²) in [6, 6.07) is 8.27. The van der Waals surface area contributed by atoms with Gasteiger partial charge in [-0.2, -0.15) is 0 Å². The van der Waals surface area contributed by atoms with Crippen LogP contribution in [0.4, 0.5) is 0 Å². The number of piperidine rings is 1. The maximum Gasteiger partial charge on any atom is 0.0961 e. The van der Waals surface area contributed by atoms with E-state index in [1.165, 1.54) is 24.8 Å². The van der Waals surface area contributed by atoms with Crippen LogP contribution in [0.25, 0.3) is 0 Å². The Balaban J connectivity index is 1.92. The maximum absolute atomic E-state index is 6.24. The first-order valence-electron chi connectivity index (χ1n) is 6.92. The Morgan fingerprint density at radius 2 is 1.89 bits per heavy atom. The van der Waals surface area contributed by atoms with Gasteiger partial charge >= 0.3 is 0 Å². The van der Waals surface area contributed by atoms with Crippen molar-refractivity contribution in [2.24, 2.45) is 5.92 Å². The van der Waals surface area contributed by atoms with Crippen molar-refractivity contribution in [3.05, 3.63) is 34.9 Å². The molecule has 0 amide bonds. The van der Waals surface area contributed by atoms with Crippen molar-refractivity contribution in [2.45, 2.75) is 31.3 Å². The van der Waals surface area contributed by atoms with Gasteiger partial charge < -0.3 is 10.1 Å². The van der Waals surface area contributed by atoms with Crippen LogP contribution in [0.3, 0.4) is 0 Å². The second kappa shape index (κ2) is 5.20. The van der Waals surface area contributed by atoms with Gasteiger partial charge in [0.25, 0.3) is 0 Å². The molecule has 2 aliphatic heterocycles. The molecule has 3 heteroatoms. The number of ether oxygens (including phenoxy) is 1. The molecule has 3 rings (SSSR count). The number of halogens is 1. The lowest BCUT2D eigenvalue weighted by Gasteiger charge is -2.39. The van der Waals surface area contributed by atoms with E-state index in [9.17, 15) is 0 Å². The first kappa shape index (κ1) is 12.5. The standard InChI is InChI=1S/C15H20ClNO/c16-14-4-2-12(3-5-14)15(8-1-11-18-15)13-6-9-17-10-7-13/h2-5,13,17H,1,6-11H2. The molecule has 2 fully saturated rings. The van der Waals surface area contributed by atoms with Crippen molar-refractivity contribution in [3.8, 4) is 0 Å². The lowest BCUT2D eigenvalue weighted by atomic mass is 9.75. The molecule has 1 unspecified atom stereocenters. The number of hydrogen-bond acceptors (Lipinski definition) is 2. The number of hydrogen-bond donors (Lipinski definition) is 1. The van der Waals surface area contributed by atoms with Crippen LogP contribution >= 0.6 is 11.6 Å². The van der Waals surface area contributed by atoms with Gasteiger partial charge in [-0.25, -0.2) is 0 Å². The van der Waals surface area contributed by atoms with Crippen molar-refractivity contribution < 1.29 is 4.74 Å². The van der Waals surface area contributed by atoms with Gasteiger partial charge in [-0.15, -0.1) is 0 Å². The molecule has 0 spiro atoms. The molecule has 2 nitrogen and oxygen atoms in total. The molecule has 0 radical (unpaired) electrons. The summed E-state index contributed by atoms with van der Waals surface area (Å²) in [6.07, 6.45) is 4.75. The lowest BCUT2D eigenvalue weighted by Crippen LogP contribution is -2.41. The molecule has 1 N–H and O–H groups in total. The molecule has 0 aliphatic carbocycles. The zero-order valence-corrected chi connectivity index (χ0v) is 11.4. The van der Waals surface area contributed by atoms with Gasteiger partial charge in [0.15, 0.2) is 0 Å². The second-order valence-corrected chi connectivity index (χ2v) is 5.81. The fourth-order valence-electron chi connectivity index (χ4n) is 3.47. The average molecular weight is 266 g/mol. The number of rotatable bonds is 2. The third kappa shape index (κ3) is 2.18. The molecule has 0 saturated carbocycles. The zero-order chi connectivity index (χ0) is 12.4. The Hall–Kier alpha value is -0.570. The molecule has 18 heavy (non-hydrogen) atoms. The monoisotopic (exact) mass is 265 g/mol. The Morgan fingerprint density at radius 3 is 2.50 bits per heavy atom. The van der Waals surface area contributed by atoms with Gasteiger partial charge in [0.2, 0.25) is 0 Å². The van der Waals surface area contributed by atoms with E-state index in [2.05, 4.69) is 17.4 Å². The summed E-state index contributed by atoms with van der Waals surface area (Å²) in [4.78, 5) is 0. The van der Waals surface area contributed by atoms with Crippen molar-refractivity contribution in [1.29, 1.82) is 0 Å². The summed E-state index contributed by atoms with van der Waals surface area (Å²) in [6.45, 7) is 3.12. The smallest absolute Gasteiger partial charge is 0.0961 e. The molecule has 1 aromatic carbocycles. The Labute approximate surface area is 114 Å². The highest BCUT2D eigenvalue weighted by atomic mass is 35.5. The number of benzene rings is 1. The van der Waals surface area contributed by atoms with Crippen molar-refractivity contribution in [1.82, 2.24) is 5.32 Å². The van der Waals surface area contributed by atoms with Crippen molar-refractivity contribution in [2.75, 3.05) is 19.7 Å². The van der Waals surface area contributed by atoms with Crippen LogP contribution in [0.5, 0.6) is 0 Å². The van der Waals surface area contributed by atoms with Gasteiger partial charge in [-0.1, -0.05) is 23.7 Å². The summed E-state index contributed by atoms with van der Waals surface area (Å²) in [5, 5.41) is 4.24. The van der Waals surface area contributed by atoms with Gasteiger partial charge in [0.05, 0.1) is 5.60 Å². The summed E-state index contributed by atoms with van der Waals surface area (Å²) in [7, 11) is 0. The van der Waals surface area contributed by atoms with Gasteiger partial charge in [0.1, 0.15) is 0 Å². The largest absolute Gasteiger partial charge is 0.370 e. The molecule has 98 valence electrons. The zero-order valence-electron chi connectivity index (χ0n) is 10.6. The predicted molar refractivity (Wildman–Crippen MR) is 73.9 cm³/mol. The van der Waals surface area contributed by atoms with E-state index in [1.54, 1.807) is 0 Å². The molecule has 2 saturated heterocycles. The average Bonchev–Trinajstić information content (AvgIpc) is 2.91. The molecular formula is C15H20ClNO. The van der Waals surface area contributed by atoms with Crippen molar-refractivity contribution in [3.63, 3.8) is 0 Å². The highest BCUT2D eigenvalue weighted by Crippen LogP contribution is 2.46. The molecular weight excluding hydrogens is 246 g/mol.